The topological polar surface area (TPSA) is 49.7 Å². The fourth-order valence-corrected chi connectivity index (χ4v) is 6.22. The van der Waals surface area contributed by atoms with E-state index in [0.29, 0.717) is 10.0 Å². The van der Waals surface area contributed by atoms with Crippen molar-refractivity contribution in [1.82, 2.24) is 0 Å². The number of fused-ring (bicyclic) bond motifs is 1. The molecule has 0 N–H and O–H groups in total. The summed E-state index contributed by atoms with van der Waals surface area (Å²) in [6.07, 6.45) is 2.22. The molecule has 0 radical (unpaired) electrons. The second-order valence-electron chi connectivity index (χ2n) is 5.79. The molecule has 2 aliphatic heterocycles. The zero-order valence-corrected chi connectivity index (χ0v) is 15.9. The molecule has 0 unspecified atom stereocenters. The lowest BCUT2D eigenvalue weighted by Crippen LogP contribution is -2.39. The summed E-state index contributed by atoms with van der Waals surface area (Å²) in [5.74, 6) is 1.24. The van der Waals surface area contributed by atoms with Crippen LogP contribution in [0.5, 0.6) is 0 Å². The van der Waals surface area contributed by atoms with Crippen LogP contribution in [0.25, 0.3) is 0 Å². The number of unbranched alkanes of at least 4 members (excludes halogenated alkanes) is 1. The van der Waals surface area contributed by atoms with E-state index in [0.717, 1.165) is 29.4 Å². The third-order valence-electron chi connectivity index (χ3n) is 4.02. The molecule has 0 aliphatic carbocycles. The van der Waals surface area contributed by atoms with E-state index in [1.807, 2.05) is 11.0 Å². The van der Waals surface area contributed by atoms with Gasteiger partial charge in [0.25, 0.3) is 0 Å². The van der Waals surface area contributed by atoms with E-state index in [1.165, 1.54) is 0 Å². The van der Waals surface area contributed by atoms with E-state index in [9.17, 15) is 8.42 Å². The van der Waals surface area contributed by atoms with E-state index >= 15 is 0 Å². The lowest BCUT2D eigenvalue weighted by molar-refractivity contribution is 0.601. The highest BCUT2D eigenvalue weighted by molar-refractivity contribution is 8.14. The van der Waals surface area contributed by atoms with Gasteiger partial charge >= 0.3 is 0 Å². The van der Waals surface area contributed by atoms with Gasteiger partial charge in [0.05, 0.1) is 33.6 Å². The number of amidine groups is 1. The van der Waals surface area contributed by atoms with Gasteiger partial charge in [0.15, 0.2) is 15.0 Å². The van der Waals surface area contributed by atoms with Crippen molar-refractivity contribution in [3.63, 3.8) is 0 Å². The number of sulfone groups is 1. The van der Waals surface area contributed by atoms with Crippen LogP contribution in [0.2, 0.25) is 10.0 Å². The molecule has 2 heterocycles. The Labute approximate surface area is 151 Å². The van der Waals surface area contributed by atoms with Crippen molar-refractivity contribution in [1.29, 1.82) is 0 Å². The molecule has 0 spiro atoms. The number of anilines is 1. The molecule has 0 bridgehead atoms. The molecule has 1 saturated heterocycles. The maximum absolute atomic E-state index is 12.0. The summed E-state index contributed by atoms with van der Waals surface area (Å²) in [5, 5.41) is 1.84. The largest absolute Gasteiger partial charge is 0.315 e. The van der Waals surface area contributed by atoms with Gasteiger partial charge in [0.1, 0.15) is 0 Å². The van der Waals surface area contributed by atoms with Crippen LogP contribution < -0.4 is 4.90 Å². The molecule has 4 nitrogen and oxygen atoms in total. The van der Waals surface area contributed by atoms with E-state index in [-0.39, 0.29) is 23.6 Å². The normalized spacial score (nSPS) is 25.5. The lowest BCUT2D eigenvalue weighted by Gasteiger charge is -2.26. The highest BCUT2D eigenvalue weighted by atomic mass is 35.5. The van der Waals surface area contributed by atoms with E-state index in [2.05, 4.69) is 11.9 Å². The predicted octanol–water partition coefficient (Wildman–Crippen LogP) is 3.87. The first-order valence-corrected chi connectivity index (χ1v) is 11.1. The van der Waals surface area contributed by atoms with Crippen LogP contribution in [0, 0.1) is 0 Å². The zero-order valence-electron chi connectivity index (χ0n) is 12.7. The fourth-order valence-electron chi connectivity index (χ4n) is 2.88. The van der Waals surface area contributed by atoms with Crippen LogP contribution in [0.3, 0.4) is 0 Å². The third kappa shape index (κ3) is 3.65. The second-order valence-corrected chi connectivity index (χ2v) is 9.82. The minimum absolute atomic E-state index is 0.132. The number of nitrogens with zero attached hydrogens (tertiary/aromatic N) is 2. The molecule has 126 valence electrons. The first-order valence-electron chi connectivity index (χ1n) is 7.56. The molecule has 0 saturated carbocycles. The number of rotatable bonds is 4. The first kappa shape index (κ1) is 17.4. The van der Waals surface area contributed by atoms with E-state index in [4.69, 9.17) is 23.2 Å². The number of hydrogen-bond donors (Lipinski definition) is 0. The highest BCUT2D eigenvalue weighted by Crippen LogP contribution is 2.37. The van der Waals surface area contributed by atoms with E-state index < -0.39 is 9.84 Å². The van der Waals surface area contributed by atoms with Crippen molar-refractivity contribution in [3.05, 3.63) is 28.2 Å². The lowest BCUT2D eigenvalue weighted by atomic mass is 10.1. The standard InChI is InChI=1S/C15H18Cl2N2O2S2/c1-2-3-6-22-15-18-13-8-23(20,21)9-14(13)19(15)10-4-5-11(16)12(17)7-10/h4-5,7,13-14H,2-3,6,8-9H2,1H3/t13-,14+/m1/s1. The molecule has 1 fully saturated rings. The molecule has 1 aromatic rings. The summed E-state index contributed by atoms with van der Waals surface area (Å²) in [7, 11) is -3.03. The van der Waals surface area contributed by atoms with Gasteiger partial charge in [-0.2, -0.15) is 0 Å². The SMILES string of the molecule is CCCCSC1=N[C@@H]2CS(=O)(=O)C[C@@H]2N1c1ccc(Cl)c(Cl)c1. The Balaban J connectivity index is 1.92. The van der Waals surface area contributed by atoms with Gasteiger partial charge in [-0.25, -0.2) is 8.42 Å². The van der Waals surface area contributed by atoms with Gasteiger partial charge in [0.2, 0.25) is 0 Å². The molecule has 23 heavy (non-hydrogen) atoms. The van der Waals surface area contributed by atoms with Gasteiger partial charge in [-0.3, -0.25) is 4.99 Å². The summed E-state index contributed by atoms with van der Waals surface area (Å²) >= 11 is 13.8. The summed E-state index contributed by atoms with van der Waals surface area (Å²) in [4.78, 5) is 6.70. The number of thioether (sulfide) groups is 1. The fraction of sp³-hybridized carbons (Fsp3) is 0.533. The van der Waals surface area contributed by atoms with Crippen LogP contribution in [-0.4, -0.2) is 42.9 Å². The molecule has 0 amide bonds. The average Bonchev–Trinajstić information content (AvgIpc) is 2.93. The summed E-state index contributed by atoms with van der Waals surface area (Å²) in [5.41, 5.74) is 0.853. The Bertz CT molecular complexity index is 737. The smallest absolute Gasteiger partial charge is 0.164 e. The Morgan fingerprint density at radius 2 is 2.09 bits per heavy atom. The van der Waals surface area contributed by atoms with Crippen molar-refractivity contribution < 1.29 is 8.42 Å². The number of hydrogen-bond acceptors (Lipinski definition) is 5. The van der Waals surface area contributed by atoms with Crippen molar-refractivity contribution in [2.45, 2.75) is 31.8 Å². The van der Waals surface area contributed by atoms with Gasteiger partial charge in [0, 0.05) is 11.4 Å². The van der Waals surface area contributed by atoms with Crippen LogP contribution >= 0.6 is 35.0 Å². The number of aliphatic imine (C=N–C) groups is 1. The first-order chi connectivity index (χ1) is 10.9. The molecule has 3 rings (SSSR count). The molecule has 1 aromatic carbocycles. The molecule has 0 aromatic heterocycles. The second kappa shape index (κ2) is 6.82. The Morgan fingerprint density at radius 1 is 1.30 bits per heavy atom. The van der Waals surface area contributed by atoms with Crippen molar-refractivity contribution in [2.24, 2.45) is 4.99 Å². The summed E-state index contributed by atoms with van der Waals surface area (Å²) < 4.78 is 23.9. The van der Waals surface area contributed by atoms with E-state index in [1.54, 1.807) is 23.9 Å². The van der Waals surface area contributed by atoms with Crippen LogP contribution in [0.4, 0.5) is 5.69 Å². The Morgan fingerprint density at radius 3 is 2.78 bits per heavy atom. The minimum Gasteiger partial charge on any atom is -0.315 e. The van der Waals surface area contributed by atoms with Crippen LogP contribution in [-0.2, 0) is 9.84 Å². The molecule has 8 heteroatoms. The molecule has 2 atom stereocenters. The summed E-state index contributed by atoms with van der Waals surface area (Å²) in [6.45, 7) is 2.15. The Hall–Kier alpha value is -0.430. The van der Waals surface area contributed by atoms with Crippen LogP contribution in [0.1, 0.15) is 19.8 Å². The maximum Gasteiger partial charge on any atom is 0.164 e. The molecule has 2 aliphatic rings. The third-order valence-corrected chi connectivity index (χ3v) is 7.51. The number of benzene rings is 1. The van der Waals surface area contributed by atoms with Crippen molar-refractivity contribution in [3.8, 4) is 0 Å². The van der Waals surface area contributed by atoms with Gasteiger partial charge in [-0.1, -0.05) is 48.3 Å². The number of halogens is 2. The van der Waals surface area contributed by atoms with Gasteiger partial charge < -0.3 is 4.90 Å². The summed E-state index contributed by atoms with van der Waals surface area (Å²) in [6, 6.07) is 5.08. The Kier molecular flexibility index (Phi) is 5.16. The van der Waals surface area contributed by atoms with Crippen LogP contribution in [0.15, 0.2) is 23.2 Å². The molecular weight excluding hydrogens is 375 g/mol. The van der Waals surface area contributed by atoms with Crippen molar-refractivity contribution >= 4 is 55.7 Å². The maximum atomic E-state index is 12.0. The minimum atomic E-state index is -3.03. The molecular formula is C15H18Cl2N2O2S2. The zero-order chi connectivity index (χ0) is 16.6. The quantitative estimate of drug-likeness (QED) is 0.729. The van der Waals surface area contributed by atoms with Gasteiger partial charge in [-0.15, -0.1) is 0 Å². The monoisotopic (exact) mass is 392 g/mol. The predicted molar refractivity (Wildman–Crippen MR) is 100.0 cm³/mol. The van der Waals surface area contributed by atoms with Crippen molar-refractivity contribution in [2.75, 3.05) is 22.2 Å². The van der Waals surface area contributed by atoms with Gasteiger partial charge in [-0.05, 0) is 24.6 Å². The highest BCUT2D eigenvalue weighted by Gasteiger charge is 2.47. The average molecular weight is 393 g/mol.